The predicted molar refractivity (Wildman–Crippen MR) is 135 cm³/mol. The third-order valence-corrected chi connectivity index (χ3v) is 5.80. The predicted octanol–water partition coefficient (Wildman–Crippen LogP) is 7.41. The van der Waals surface area contributed by atoms with E-state index in [1.54, 1.807) is 0 Å². The van der Waals surface area contributed by atoms with Crippen molar-refractivity contribution in [2.24, 2.45) is 0 Å². The lowest BCUT2D eigenvalue weighted by atomic mass is 10.0. The van der Waals surface area contributed by atoms with E-state index in [0.29, 0.717) is 23.9 Å². The molecule has 6 heteroatoms. The molecule has 0 aliphatic heterocycles. The lowest BCUT2D eigenvalue weighted by Gasteiger charge is -2.11. The normalized spacial score (nSPS) is 11.0. The van der Waals surface area contributed by atoms with Crippen molar-refractivity contribution < 1.29 is 13.9 Å². The summed E-state index contributed by atoms with van der Waals surface area (Å²) in [6.45, 7) is 8.75. The van der Waals surface area contributed by atoms with Crippen LogP contribution in [-0.4, -0.2) is 23.0 Å². The van der Waals surface area contributed by atoms with Gasteiger partial charge in [-0.2, -0.15) is 9.49 Å². The highest BCUT2D eigenvalue weighted by Gasteiger charge is 2.21. The first-order valence-electron chi connectivity index (χ1n) is 11.3. The summed E-state index contributed by atoms with van der Waals surface area (Å²) in [6, 6.07) is 19.9. The summed E-state index contributed by atoms with van der Waals surface area (Å²) in [7, 11) is 0. The van der Waals surface area contributed by atoms with Gasteiger partial charge in [-0.3, -0.25) is 0 Å². The Morgan fingerprint density at radius 3 is 2.15 bits per heavy atom. The molecule has 0 bridgehead atoms. The highest BCUT2D eigenvalue weighted by molar-refractivity contribution is 6.32. The Kier molecular flexibility index (Phi) is 7.23. The molecule has 4 nitrogen and oxygen atoms in total. The fraction of sp³-hybridized carbons (Fsp3) is 0.250. The average molecular weight is 479 g/mol. The van der Waals surface area contributed by atoms with Crippen LogP contribution in [0.1, 0.15) is 23.6 Å². The molecule has 0 amide bonds. The van der Waals surface area contributed by atoms with E-state index in [1.165, 1.54) is 10.2 Å². The zero-order valence-electron chi connectivity index (χ0n) is 19.9. The van der Waals surface area contributed by atoms with Crippen molar-refractivity contribution in [1.29, 1.82) is 0 Å². The number of ether oxygens (including phenoxy) is 2. The van der Waals surface area contributed by atoms with E-state index >= 15 is 4.39 Å². The molecule has 3 aromatic carbocycles. The van der Waals surface area contributed by atoms with Crippen molar-refractivity contribution in [3.8, 4) is 34.0 Å². The van der Waals surface area contributed by atoms with Crippen LogP contribution >= 0.6 is 11.6 Å². The Morgan fingerprint density at radius 2 is 1.50 bits per heavy atom. The number of rotatable bonds is 8. The Morgan fingerprint density at radius 1 is 0.824 bits per heavy atom. The minimum absolute atomic E-state index is 0.112. The molecule has 0 aliphatic rings. The molecule has 4 rings (SSSR count). The summed E-state index contributed by atoms with van der Waals surface area (Å²) >= 11 is 6.48. The van der Waals surface area contributed by atoms with Gasteiger partial charge in [-0.25, -0.2) is 4.68 Å². The van der Waals surface area contributed by atoms with E-state index in [-0.39, 0.29) is 18.2 Å². The van der Waals surface area contributed by atoms with E-state index in [2.05, 4.69) is 36.3 Å². The van der Waals surface area contributed by atoms with Crippen molar-refractivity contribution in [3.05, 3.63) is 88.2 Å². The number of aromatic nitrogens is 2. The maximum absolute atomic E-state index is 15.2. The van der Waals surface area contributed by atoms with Crippen molar-refractivity contribution >= 4 is 11.6 Å². The number of hydrogen-bond donors (Lipinski definition) is 0. The van der Waals surface area contributed by atoms with Gasteiger partial charge in [-0.1, -0.05) is 64.7 Å². The number of benzene rings is 3. The zero-order chi connectivity index (χ0) is 24.2. The summed E-state index contributed by atoms with van der Waals surface area (Å²) < 4.78 is 28.2. The Balaban J connectivity index is 1.50. The van der Waals surface area contributed by atoms with Crippen LogP contribution < -0.4 is 9.47 Å². The minimum Gasteiger partial charge on any atom is -0.490 e. The molecule has 0 unspecified atom stereocenters. The van der Waals surface area contributed by atoms with Gasteiger partial charge in [-0.05, 0) is 63.1 Å². The van der Waals surface area contributed by atoms with Crippen LogP contribution in [0.15, 0.2) is 60.7 Å². The molecule has 34 heavy (non-hydrogen) atoms. The van der Waals surface area contributed by atoms with Gasteiger partial charge in [0.15, 0.2) is 0 Å². The standard InChI is InChI=1S/C28H28ClFN2O2/c1-5-33-28-26(30)27(23-15-19(3)14-20(4)16-23)31-32(28)12-13-34-25-11-10-22(17-24(25)29)21-8-6-18(2)7-9-21/h6-11,14-17H,5,12-13H2,1-4H3. The second kappa shape index (κ2) is 10.3. The highest BCUT2D eigenvalue weighted by Crippen LogP contribution is 2.32. The highest BCUT2D eigenvalue weighted by atomic mass is 35.5. The van der Waals surface area contributed by atoms with E-state index < -0.39 is 5.82 Å². The van der Waals surface area contributed by atoms with Crippen LogP contribution in [0.4, 0.5) is 4.39 Å². The third kappa shape index (κ3) is 5.26. The first kappa shape index (κ1) is 23.8. The zero-order valence-corrected chi connectivity index (χ0v) is 20.6. The quantitative estimate of drug-likeness (QED) is 0.264. The maximum Gasteiger partial charge on any atom is 0.249 e. The topological polar surface area (TPSA) is 36.3 Å². The van der Waals surface area contributed by atoms with Gasteiger partial charge in [0.05, 0.1) is 18.2 Å². The van der Waals surface area contributed by atoms with Gasteiger partial charge >= 0.3 is 0 Å². The molecule has 0 radical (unpaired) electrons. The molecule has 0 saturated heterocycles. The molecule has 4 aromatic rings. The average Bonchev–Trinajstić information content (AvgIpc) is 3.10. The van der Waals surface area contributed by atoms with Gasteiger partial charge < -0.3 is 9.47 Å². The molecule has 0 aliphatic carbocycles. The lowest BCUT2D eigenvalue weighted by molar-refractivity contribution is 0.253. The molecular formula is C28H28ClFN2O2. The second-order valence-electron chi connectivity index (χ2n) is 8.36. The van der Waals surface area contributed by atoms with Crippen molar-refractivity contribution in [1.82, 2.24) is 9.78 Å². The van der Waals surface area contributed by atoms with E-state index in [1.807, 2.05) is 57.2 Å². The SMILES string of the molecule is CCOc1c(F)c(-c2cc(C)cc(C)c2)nn1CCOc1ccc(-c2ccc(C)cc2)cc1Cl. The first-order chi connectivity index (χ1) is 16.4. The Bertz CT molecular complexity index is 1280. The molecule has 0 N–H and O–H groups in total. The summed E-state index contributed by atoms with van der Waals surface area (Å²) in [5.41, 5.74) is 6.41. The molecule has 1 aromatic heterocycles. The van der Waals surface area contributed by atoms with Crippen LogP contribution in [0.5, 0.6) is 11.6 Å². The van der Waals surface area contributed by atoms with Crippen LogP contribution in [0.25, 0.3) is 22.4 Å². The molecular weight excluding hydrogens is 451 g/mol. The second-order valence-corrected chi connectivity index (χ2v) is 8.77. The van der Waals surface area contributed by atoms with Crippen LogP contribution in [0, 0.1) is 26.6 Å². The Labute approximate surface area is 204 Å². The summed E-state index contributed by atoms with van der Waals surface area (Å²) in [6.07, 6.45) is 0. The Hall–Kier alpha value is -3.31. The third-order valence-electron chi connectivity index (χ3n) is 5.50. The van der Waals surface area contributed by atoms with E-state index in [9.17, 15) is 0 Å². The summed E-state index contributed by atoms with van der Waals surface area (Å²) in [4.78, 5) is 0. The van der Waals surface area contributed by atoms with Gasteiger partial charge in [-0.15, -0.1) is 0 Å². The van der Waals surface area contributed by atoms with Crippen molar-refractivity contribution in [2.45, 2.75) is 34.2 Å². The van der Waals surface area contributed by atoms with Crippen molar-refractivity contribution in [2.75, 3.05) is 13.2 Å². The largest absolute Gasteiger partial charge is 0.490 e. The fourth-order valence-electron chi connectivity index (χ4n) is 3.93. The molecule has 1 heterocycles. The molecule has 0 saturated carbocycles. The molecule has 176 valence electrons. The number of nitrogens with zero attached hydrogens (tertiary/aromatic N) is 2. The monoisotopic (exact) mass is 478 g/mol. The number of halogens is 2. The number of hydrogen-bond acceptors (Lipinski definition) is 3. The maximum atomic E-state index is 15.2. The molecule has 0 atom stereocenters. The van der Waals surface area contributed by atoms with Crippen LogP contribution in [0.3, 0.4) is 0 Å². The summed E-state index contributed by atoms with van der Waals surface area (Å²) in [5, 5.41) is 5.02. The van der Waals surface area contributed by atoms with Crippen molar-refractivity contribution in [3.63, 3.8) is 0 Å². The minimum atomic E-state index is -0.465. The lowest BCUT2D eigenvalue weighted by Crippen LogP contribution is -2.12. The van der Waals surface area contributed by atoms with E-state index in [0.717, 1.165) is 27.8 Å². The van der Waals surface area contributed by atoms with Gasteiger partial charge in [0.2, 0.25) is 11.7 Å². The van der Waals surface area contributed by atoms with Crippen LogP contribution in [-0.2, 0) is 6.54 Å². The van der Waals surface area contributed by atoms with Gasteiger partial charge in [0.25, 0.3) is 0 Å². The first-order valence-corrected chi connectivity index (χ1v) is 11.7. The molecule has 0 fully saturated rings. The van der Waals surface area contributed by atoms with E-state index in [4.69, 9.17) is 21.1 Å². The van der Waals surface area contributed by atoms with Gasteiger partial charge in [0.1, 0.15) is 18.1 Å². The fourth-order valence-corrected chi connectivity index (χ4v) is 4.17. The van der Waals surface area contributed by atoms with Gasteiger partial charge in [0, 0.05) is 5.56 Å². The molecule has 0 spiro atoms. The van der Waals surface area contributed by atoms with Crippen LogP contribution in [0.2, 0.25) is 5.02 Å². The number of aryl methyl sites for hydroxylation is 3. The smallest absolute Gasteiger partial charge is 0.249 e. The summed E-state index contributed by atoms with van der Waals surface area (Å²) in [5.74, 6) is 0.214.